The molecule has 3 atom stereocenters. The van der Waals surface area contributed by atoms with Crippen LogP contribution in [0.5, 0.6) is 0 Å². The fourth-order valence-corrected chi connectivity index (χ4v) is 2.23. The van der Waals surface area contributed by atoms with Gasteiger partial charge in [-0.25, -0.2) is 0 Å². The third kappa shape index (κ3) is 6.19. The quantitative estimate of drug-likeness (QED) is 0.640. The van der Waals surface area contributed by atoms with Gasteiger partial charge in [0.25, 0.3) is 0 Å². The standard InChI is InChI=1S/C14H31N/c1-7-12(5)13(6)14(8-2)9-10-15-11(3)4/h11-15H,7-10H2,1-6H3. The van der Waals surface area contributed by atoms with Crippen molar-refractivity contribution < 1.29 is 0 Å². The van der Waals surface area contributed by atoms with Crippen molar-refractivity contribution in [2.45, 2.75) is 66.8 Å². The SMILES string of the molecule is CCC(C)C(C)C(CC)CCNC(C)C. The minimum atomic E-state index is 0.626. The van der Waals surface area contributed by atoms with Crippen molar-refractivity contribution in [2.75, 3.05) is 6.54 Å². The number of hydrogen-bond acceptors (Lipinski definition) is 1. The van der Waals surface area contributed by atoms with E-state index in [1.807, 2.05) is 0 Å². The fraction of sp³-hybridized carbons (Fsp3) is 1.00. The van der Waals surface area contributed by atoms with Gasteiger partial charge in [-0.15, -0.1) is 0 Å². The van der Waals surface area contributed by atoms with Crippen molar-refractivity contribution in [1.29, 1.82) is 0 Å². The third-order valence-electron chi connectivity index (χ3n) is 3.88. The molecule has 0 spiro atoms. The molecule has 0 amide bonds. The van der Waals surface area contributed by atoms with Crippen LogP contribution in [0.25, 0.3) is 0 Å². The lowest BCUT2D eigenvalue weighted by molar-refractivity contribution is 0.233. The zero-order valence-corrected chi connectivity index (χ0v) is 11.6. The first-order valence-electron chi connectivity index (χ1n) is 6.76. The molecule has 0 aliphatic rings. The predicted octanol–water partition coefficient (Wildman–Crippen LogP) is 4.08. The monoisotopic (exact) mass is 213 g/mol. The Kier molecular flexibility index (Phi) is 8.13. The molecular formula is C14H31N. The van der Waals surface area contributed by atoms with Gasteiger partial charge >= 0.3 is 0 Å². The summed E-state index contributed by atoms with van der Waals surface area (Å²) >= 11 is 0. The lowest BCUT2D eigenvalue weighted by Gasteiger charge is -2.28. The minimum Gasteiger partial charge on any atom is -0.315 e. The summed E-state index contributed by atoms with van der Waals surface area (Å²) in [5, 5.41) is 3.52. The van der Waals surface area contributed by atoms with Gasteiger partial charge in [0, 0.05) is 6.04 Å². The molecule has 0 aromatic rings. The molecule has 1 heteroatoms. The average molecular weight is 213 g/mol. The van der Waals surface area contributed by atoms with E-state index in [9.17, 15) is 0 Å². The molecule has 1 N–H and O–H groups in total. The molecule has 0 bridgehead atoms. The van der Waals surface area contributed by atoms with Crippen LogP contribution in [0, 0.1) is 17.8 Å². The fourth-order valence-electron chi connectivity index (χ4n) is 2.23. The van der Waals surface area contributed by atoms with Gasteiger partial charge in [-0.3, -0.25) is 0 Å². The highest BCUT2D eigenvalue weighted by molar-refractivity contribution is 4.71. The number of nitrogens with one attached hydrogen (secondary N) is 1. The van der Waals surface area contributed by atoms with E-state index in [1.165, 1.54) is 25.8 Å². The van der Waals surface area contributed by atoms with E-state index in [-0.39, 0.29) is 0 Å². The average Bonchev–Trinajstić information content (AvgIpc) is 2.22. The third-order valence-corrected chi connectivity index (χ3v) is 3.88. The van der Waals surface area contributed by atoms with Crippen LogP contribution in [0.1, 0.15) is 60.8 Å². The Morgan fingerprint density at radius 2 is 1.53 bits per heavy atom. The van der Waals surface area contributed by atoms with Gasteiger partial charge in [-0.1, -0.05) is 54.4 Å². The van der Waals surface area contributed by atoms with Crippen LogP contribution in [0.3, 0.4) is 0 Å². The van der Waals surface area contributed by atoms with Gasteiger partial charge < -0.3 is 5.32 Å². The van der Waals surface area contributed by atoms with Crippen LogP contribution in [-0.4, -0.2) is 12.6 Å². The molecule has 0 saturated heterocycles. The topological polar surface area (TPSA) is 12.0 Å². The summed E-state index contributed by atoms with van der Waals surface area (Å²) in [6, 6.07) is 0.626. The highest BCUT2D eigenvalue weighted by Crippen LogP contribution is 2.27. The first-order chi connectivity index (χ1) is 7.02. The van der Waals surface area contributed by atoms with Gasteiger partial charge in [0.15, 0.2) is 0 Å². The second-order valence-electron chi connectivity index (χ2n) is 5.31. The number of hydrogen-bond donors (Lipinski definition) is 1. The van der Waals surface area contributed by atoms with E-state index in [1.54, 1.807) is 0 Å². The van der Waals surface area contributed by atoms with Gasteiger partial charge in [0.1, 0.15) is 0 Å². The lowest BCUT2D eigenvalue weighted by Crippen LogP contribution is -2.28. The van der Waals surface area contributed by atoms with E-state index in [4.69, 9.17) is 0 Å². The van der Waals surface area contributed by atoms with Gasteiger partial charge in [-0.05, 0) is 30.7 Å². The van der Waals surface area contributed by atoms with Crippen molar-refractivity contribution in [3.8, 4) is 0 Å². The molecule has 0 heterocycles. The van der Waals surface area contributed by atoms with Crippen molar-refractivity contribution in [3.63, 3.8) is 0 Å². The van der Waals surface area contributed by atoms with Gasteiger partial charge in [-0.2, -0.15) is 0 Å². The van der Waals surface area contributed by atoms with Crippen LogP contribution in [0.4, 0.5) is 0 Å². The van der Waals surface area contributed by atoms with E-state index < -0.39 is 0 Å². The summed E-state index contributed by atoms with van der Waals surface area (Å²) in [5.41, 5.74) is 0. The van der Waals surface area contributed by atoms with E-state index >= 15 is 0 Å². The molecule has 0 fully saturated rings. The Morgan fingerprint density at radius 3 is 1.93 bits per heavy atom. The first kappa shape index (κ1) is 15.0. The Bertz CT molecular complexity index is 142. The van der Waals surface area contributed by atoms with Gasteiger partial charge in [0.05, 0.1) is 0 Å². The zero-order valence-electron chi connectivity index (χ0n) is 11.6. The smallest absolute Gasteiger partial charge is 0.00103 e. The second-order valence-corrected chi connectivity index (χ2v) is 5.31. The molecule has 1 nitrogen and oxygen atoms in total. The molecule has 0 aliphatic heterocycles. The molecule has 0 saturated carbocycles. The summed E-state index contributed by atoms with van der Waals surface area (Å²) in [6.45, 7) is 15.1. The molecule has 3 unspecified atom stereocenters. The van der Waals surface area contributed by atoms with Crippen molar-refractivity contribution in [2.24, 2.45) is 17.8 Å². The largest absolute Gasteiger partial charge is 0.315 e. The van der Waals surface area contributed by atoms with Crippen molar-refractivity contribution >= 4 is 0 Å². The van der Waals surface area contributed by atoms with Crippen molar-refractivity contribution in [3.05, 3.63) is 0 Å². The summed E-state index contributed by atoms with van der Waals surface area (Å²) in [6.07, 6.45) is 3.97. The van der Waals surface area contributed by atoms with Crippen LogP contribution in [-0.2, 0) is 0 Å². The summed E-state index contributed by atoms with van der Waals surface area (Å²) < 4.78 is 0. The van der Waals surface area contributed by atoms with Gasteiger partial charge in [0.2, 0.25) is 0 Å². The Balaban J connectivity index is 3.90. The molecule has 92 valence electrons. The maximum Gasteiger partial charge on any atom is 0.00103 e. The maximum absolute atomic E-state index is 3.52. The molecule has 0 aliphatic carbocycles. The van der Waals surface area contributed by atoms with Crippen LogP contribution < -0.4 is 5.32 Å². The highest BCUT2D eigenvalue weighted by Gasteiger charge is 2.19. The lowest BCUT2D eigenvalue weighted by atomic mass is 9.79. The first-order valence-corrected chi connectivity index (χ1v) is 6.76. The Hall–Kier alpha value is -0.0400. The Labute approximate surface area is 97.0 Å². The summed E-state index contributed by atoms with van der Waals surface area (Å²) in [5.74, 6) is 2.63. The maximum atomic E-state index is 3.52. The van der Waals surface area contributed by atoms with E-state index in [2.05, 4.69) is 46.9 Å². The van der Waals surface area contributed by atoms with E-state index in [0.717, 1.165) is 17.8 Å². The molecule has 0 radical (unpaired) electrons. The molecule has 0 aromatic carbocycles. The second kappa shape index (κ2) is 8.15. The molecule has 0 aromatic heterocycles. The van der Waals surface area contributed by atoms with E-state index in [0.29, 0.717) is 6.04 Å². The molecule has 0 rings (SSSR count). The van der Waals surface area contributed by atoms with Crippen LogP contribution in [0.2, 0.25) is 0 Å². The summed E-state index contributed by atoms with van der Waals surface area (Å²) in [4.78, 5) is 0. The highest BCUT2D eigenvalue weighted by atomic mass is 14.9. The summed E-state index contributed by atoms with van der Waals surface area (Å²) in [7, 11) is 0. The zero-order chi connectivity index (χ0) is 11.8. The van der Waals surface area contributed by atoms with Crippen molar-refractivity contribution in [1.82, 2.24) is 5.32 Å². The normalized spacial score (nSPS) is 17.8. The Morgan fingerprint density at radius 1 is 0.933 bits per heavy atom. The minimum absolute atomic E-state index is 0.626. The van der Waals surface area contributed by atoms with Crippen LogP contribution >= 0.6 is 0 Å². The molecular weight excluding hydrogens is 182 g/mol. The van der Waals surface area contributed by atoms with Crippen LogP contribution in [0.15, 0.2) is 0 Å². The number of rotatable bonds is 8. The predicted molar refractivity (Wildman–Crippen MR) is 70.2 cm³/mol. The molecule has 15 heavy (non-hydrogen) atoms.